The van der Waals surface area contributed by atoms with Crippen LogP contribution in [0, 0.1) is 20.2 Å². The molecular weight excluding hydrogens is 435 g/mol. The standard InChI is InChI=1S/C4Cl3N3O2.C4H2Cl2N4O2/c5-2-1(10(11)12)3(6)9-4(7)8-2;5-2-1(10(11)12)3(7)9-4(6)8-2/h;(H2,7,8,9). The van der Waals surface area contributed by atoms with Crippen molar-refractivity contribution in [3.8, 4) is 0 Å². The van der Waals surface area contributed by atoms with Gasteiger partial charge in [-0.15, -0.1) is 0 Å². The molecule has 0 aliphatic carbocycles. The Labute approximate surface area is 157 Å². The van der Waals surface area contributed by atoms with Crippen LogP contribution in [0.1, 0.15) is 0 Å². The molecule has 0 radical (unpaired) electrons. The first-order valence-electron chi connectivity index (χ1n) is 5.20. The lowest BCUT2D eigenvalue weighted by Gasteiger charge is -1.97. The number of hydrogen-bond donors (Lipinski definition) is 1. The van der Waals surface area contributed by atoms with E-state index in [-0.39, 0.29) is 31.8 Å². The van der Waals surface area contributed by atoms with Crippen LogP contribution in [-0.4, -0.2) is 29.8 Å². The summed E-state index contributed by atoms with van der Waals surface area (Å²) in [6.07, 6.45) is 0. The fraction of sp³-hybridized carbons (Fsp3) is 0. The zero-order valence-corrected chi connectivity index (χ0v) is 14.6. The van der Waals surface area contributed by atoms with E-state index in [1.54, 1.807) is 0 Å². The predicted octanol–water partition coefficient (Wildman–Crippen LogP) is 3.62. The maximum atomic E-state index is 10.3. The highest BCUT2D eigenvalue weighted by Crippen LogP contribution is 2.30. The minimum absolute atomic E-state index is 0.219. The van der Waals surface area contributed by atoms with E-state index in [4.69, 9.17) is 63.7 Å². The highest BCUT2D eigenvalue weighted by molar-refractivity contribution is 6.38. The van der Waals surface area contributed by atoms with Crippen LogP contribution in [0.3, 0.4) is 0 Å². The molecule has 0 amide bonds. The van der Waals surface area contributed by atoms with Gasteiger partial charge >= 0.3 is 11.4 Å². The van der Waals surface area contributed by atoms with Crippen molar-refractivity contribution in [2.24, 2.45) is 0 Å². The van der Waals surface area contributed by atoms with E-state index in [0.717, 1.165) is 0 Å². The zero-order valence-electron chi connectivity index (χ0n) is 10.8. The summed E-state index contributed by atoms with van der Waals surface area (Å²) in [5, 5.41) is 19.0. The van der Waals surface area contributed by atoms with Gasteiger partial charge in [-0.3, -0.25) is 20.2 Å². The minimum atomic E-state index is -0.777. The van der Waals surface area contributed by atoms with E-state index < -0.39 is 21.2 Å². The second-order valence-corrected chi connectivity index (χ2v) is 5.20. The molecule has 2 heterocycles. The largest absolute Gasteiger partial charge is 0.378 e. The van der Waals surface area contributed by atoms with Crippen molar-refractivity contribution in [1.29, 1.82) is 0 Å². The first-order valence-corrected chi connectivity index (χ1v) is 7.09. The van der Waals surface area contributed by atoms with Gasteiger partial charge in [-0.25, -0.2) is 0 Å². The van der Waals surface area contributed by atoms with E-state index in [1.807, 2.05) is 0 Å². The lowest BCUT2D eigenvalue weighted by molar-refractivity contribution is -0.385. The van der Waals surface area contributed by atoms with Crippen molar-refractivity contribution in [2.75, 3.05) is 5.73 Å². The first-order chi connectivity index (χ1) is 11.0. The summed E-state index contributed by atoms with van der Waals surface area (Å²) in [6, 6.07) is 0. The third-order valence-corrected chi connectivity index (χ3v) is 3.11. The van der Waals surface area contributed by atoms with Gasteiger partial charge in [0.15, 0.2) is 0 Å². The lowest BCUT2D eigenvalue weighted by Crippen LogP contribution is -2.01. The molecule has 2 N–H and O–H groups in total. The molecule has 0 aliphatic heterocycles. The molecule has 0 fully saturated rings. The van der Waals surface area contributed by atoms with Crippen LogP contribution in [-0.2, 0) is 0 Å². The number of nitrogens with two attached hydrogens (primary N) is 1. The molecule has 128 valence electrons. The van der Waals surface area contributed by atoms with Crippen LogP contribution in [0.4, 0.5) is 17.2 Å². The van der Waals surface area contributed by atoms with Crippen LogP contribution < -0.4 is 5.73 Å². The summed E-state index contributed by atoms with van der Waals surface area (Å²) in [4.78, 5) is 32.4. The van der Waals surface area contributed by atoms with Crippen molar-refractivity contribution < 1.29 is 9.85 Å². The Morgan fingerprint density at radius 1 is 0.708 bits per heavy atom. The molecule has 2 aromatic heterocycles. The Balaban J connectivity index is 0.000000240. The Bertz CT molecular complexity index is 706. The fourth-order valence-corrected chi connectivity index (χ4v) is 2.36. The smallest absolute Gasteiger partial charge is 0.348 e. The molecule has 0 spiro atoms. The van der Waals surface area contributed by atoms with Gasteiger partial charge in [0.05, 0.1) is 9.85 Å². The van der Waals surface area contributed by atoms with E-state index in [2.05, 4.69) is 19.9 Å². The number of rotatable bonds is 2. The molecule has 2 rings (SSSR count). The summed E-state index contributed by atoms with van der Waals surface area (Å²) in [7, 11) is 0. The first kappa shape index (κ1) is 20.3. The summed E-state index contributed by atoms with van der Waals surface area (Å²) in [5.41, 5.74) is 4.10. The maximum Gasteiger partial charge on any atom is 0.348 e. The number of anilines is 1. The van der Waals surface area contributed by atoms with Gasteiger partial charge in [0.1, 0.15) is 0 Å². The molecule has 0 saturated heterocycles. The molecule has 0 unspecified atom stereocenters. The third-order valence-electron chi connectivity index (χ3n) is 1.98. The van der Waals surface area contributed by atoms with E-state index in [0.29, 0.717) is 0 Å². The molecule has 0 saturated carbocycles. The lowest BCUT2D eigenvalue weighted by atomic mass is 10.5. The van der Waals surface area contributed by atoms with Crippen LogP contribution >= 0.6 is 58.0 Å². The number of halogens is 5. The summed E-state index contributed by atoms with van der Waals surface area (Å²) >= 11 is 26.7. The van der Waals surface area contributed by atoms with E-state index in [1.165, 1.54) is 0 Å². The molecular formula is C8H2Cl5N7O4. The Morgan fingerprint density at radius 2 is 1.04 bits per heavy atom. The second-order valence-electron chi connectivity index (χ2n) is 3.45. The molecule has 16 heteroatoms. The topological polar surface area (TPSA) is 164 Å². The minimum Gasteiger partial charge on any atom is -0.378 e. The molecule has 2 aromatic rings. The van der Waals surface area contributed by atoms with Crippen molar-refractivity contribution in [3.05, 3.63) is 46.3 Å². The molecule has 0 bridgehead atoms. The van der Waals surface area contributed by atoms with Gasteiger partial charge in [0.2, 0.25) is 31.8 Å². The van der Waals surface area contributed by atoms with Crippen molar-refractivity contribution in [1.82, 2.24) is 19.9 Å². The predicted molar refractivity (Wildman–Crippen MR) is 86.8 cm³/mol. The Kier molecular flexibility index (Phi) is 7.05. The molecule has 0 aliphatic rings. The number of hydrogen-bond acceptors (Lipinski definition) is 9. The van der Waals surface area contributed by atoms with Gasteiger partial charge in [-0.1, -0.05) is 34.8 Å². The van der Waals surface area contributed by atoms with Crippen molar-refractivity contribution >= 4 is 75.2 Å². The monoisotopic (exact) mass is 435 g/mol. The fourth-order valence-electron chi connectivity index (χ4n) is 1.11. The van der Waals surface area contributed by atoms with Crippen LogP contribution in [0.25, 0.3) is 0 Å². The highest BCUT2D eigenvalue weighted by Gasteiger charge is 2.21. The average molecular weight is 437 g/mol. The van der Waals surface area contributed by atoms with Crippen LogP contribution in [0.5, 0.6) is 0 Å². The van der Waals surface area contributed by atoms with Gasteiger partial charge in [0, 0.05) is 0 Å². The van der Waals surface area contributed by atoms with E-state index in [9.17, 15) is 20.2 Å². The quantitative estimate of drug-likeness (QED) is 0.320. The Hall–Kier alpha value is -1.79. The molecule has 24 heavy (non-hydrogen) atoms. The normalized spacial score (nSPS) is 9.88. The van der Waals surface area contributed by atoms with Crippen molar-refractivity contribution in [2.45, 2.75) is 0 Å². The van der Waals surface area contributed by atoms with Gasteiger partial charge in [-0.05, 0) is 23.2 Å². The number of nitrogens with zero attached hydrogens (tertiary/aromatic N) is 6. The summed E-state index contributed by atoms with van der Waals surface area (Å²) < 4.78 is 0. The van der Waals surface area contributed by atoms with Gasteiger partial charge < -0.3 is 5.73 Å². The molecule has 0 aromatic carbocycles. The summed E-state index contributed by atoms with van der Waals surface area (Å²) in [5.74, 6) is -0.343. The zero-order chi connectivity index (χ0) is 18.6. The Morgan fingerprint density at radius 3 is 1.38 bits per heavy atom. The molecule has 0 atom stereocenters. The molecule has 11 nitrogen and oxygen atoms in total. The maximum absolute atomic E-state index is 10.3. The second kappa shape index (κ2) is 8.35. The third kappa shape index (κ3) is 5.11. The number of aromatic nitrogens is 4. The van der Waals surface area contributed by atoms with Crippen LogP contribution in [0.15, 0.2) is 0 Å². The van der Waals surface area contributed by atoms with Crippen molar-refractivity contribution in [3.63, 3.8) is 0 Å². The van der Waals surface area contributed by atoms with Crippen LogP contribution in [0.2, 0.25) is 26.0 Å². The highest BCUT2D eigenvalue weighted by atomic mass is 35.5. The summed E-state index contributed by atoms with van der Waals surface area (Å²) in [6.45, 7) is 0. The van der Waals surface area contributed by atoms with Gasteiger partial charge in [0.25, 0.3) is 0 Å². The SMILES string of the molecule is Nc1nc(Cl)nc(Cl)c1[N+](=O)[O-].O=[N+]([O-])c1c(Cl)nc(Cl)nc1Cl. The number of nitro groups is 2. The number of nitrogen functional groups attached to an aromatic ring is 1. The van der Waals surface area contributed by atoms with Gasteiger partial charge in [-0.2, -0.15) is 19.9 Å². The van der Waals surface area contributed by atoms with E-state index >= 15 is 0 Å². The average Bonchev–Trinajstić information content (AvgIpc) is 2.35.